The maximum atomic E-state index is 2.43. The van der Waals surface area contributed by atoms with Crippen LogP contribution < -0.4 is 10.4 Å². The summed E-state index contributed by atoms with van der Waals surface area (Å²) in [5.74, 6) is 0. The fraction of sp³-hybridized carbons (Fsp3) is 0.0303. The van der Waals surface area contributed by atoms with Crippen LogP contribution in [0.15, 0.2) is 218 Å². The minimum absolute atomic E-state index is 1.16. The molecule has 0 heterocycles. The molecule has 0 N–H and O–H groups in total. The third-order valence-corrected chi connectivity index (χ3v) is 13.8. The van der Waals surface area contributed by atoms with Gasteiger partial charge in [0.2, 0.25) is 0 Å². The number of hydrogen-bond acceptors (Lipinski definition) is 0. The Morgan fingerprint density at radius 1 is 0.258 bits per heavy atom. The first-order valence-corrected chi connectivity index (χ1v) is 23.1. The highest BCUT2D eigenvalue weighted by Crippen LogP contribution is 2.46. The zero-order valence-electron chi connectivity index (χ0n) is 37.1. The summed E-state index contributed by atoms with van der Waals surface area (Å²) in [4.78, 5) is 0. The number of fused-ring (bicyclic) bond motifs is 6. The molecule has 310 valence electrons. The molecule has 0 aliphatic heterocycles. The molecular weight excluding hydrogens is 793 g/mol. The quantitative estimate of drug-likeness (QED) is 0.116. The molecule has 0 aromatic heterocycles. The zero-order chi connectivity index (χ0) is 44.1. The van der Waals surface area contributed by atoms with Gasteiger partial charge in [0.15, 0.2) is 0 Å². The van der Waals surface area contributed by atoms with Crippen molar-refractivity contribution in [2.45, 2.75) is 13.8 Å². The average Bonchev–Trinajstić information content (AvgIpc) is 3.38. The fourth-order valence-corrected chi connectivity index (χ4v) is 10.5. The molecule has 0 saturated heterocycles. The molecule has 0 saturated carbocycles. The molecule has 0 spiro atoms. The summed E-state index contributed by atoms with van der Waals surface area (Å²) in [5.41, 5.74) is 12.3. The fourth-order valence-electron chi connectivity index (χ4n) is 10.5. The largest absolute Gasteiger partial charge is 0.0798 e. The monoisotopic (exact) mass is 838 g/mol. The summed E-state index contributed by atoms with van der Waals surface area (Å²) in [6.45, 7) is 4.23. The van der Waals surface area contributed by atoms with Crippen molar-refractivity contribution in [2.75, 3.05) is 0 Å². The summed E-state index contributed by atoms with van der Waals surface area (Å²) in [6.07, 6.45) is 8.98. The predicted molar refractivity (Wildman–Crippen MR) is 288 cm³/mol. The van der Waals surface area contributed by atoms with Crippen molar-refractivity contribution in [2.24, 2.45) is 0 Å². The van der Waals surface area contributed by atoms with E-state index in [-0.39, 0.29) is 0 Å². The van der Waals surface area contributed by atoms with Crippen LogP contribution in [0.1, 0.15) is 25.0 Å². The van der Waals surface area contributed by atoms with Gasteiger partial charge in [-0.3, -0.25) is 0 Å². The molecule has 0 heteroatoms. The minimum atomic E-state index is 1.16. The van der Waals surface area contributed by atoms with Gasteiger partial charge in [0.05, 0.1) is 0 Å². The smallest absolute Gasteiger partial charge is 0.00259 e. The van der Waals surface area contributed by atoms with Crippen molar-refractivity contribution in [1.29, 1.82) is 0 Å². The van der Waals surface area contributed by atoms with Crippen molar-refractivity contribution in [3.8, 4) is 44.5 Å². The SMILES string of the molecule is C/C=c1/ccc(-c2c3ccccc3c(/C=C/c3ccc(-c4ccc5c(-c6ccc7ccccc7c6)c6ccccc6c(-c6ccc7ccccc7c6)c5c4)cc3)c3ccccc23)c/c1=C/C. The van der Waals surface area contributed by atoms with Crippen molar-refractivity contribution < 1.29 is 0 Å². The van der Waals surface area contributed by atoms with Gasteiger partial charge in [0, 0.05) is 0 Å². The molecule has 0 unspecified atom stereocenters. The van der Waals surface area contributed by atoms with Gasteiger partial charge in [-0.15, -0.1) is 0 Å². The van der Waals surface area contributed by atoms with Gasteiger partial charge in [-0.2, -0.15) is 0 Å². The third kappa shape index (κ3) is 6.70. The van der Waals surface area contributed by atoms with Gasteiger partial charge in [0.1, 0.15) is 0 Å². The van der Waals surface area contributed by atoms with Crippen LogP contribution in [0.2, 0.25) is 0 Å². The first-order chi connectivity index (χ1) is 32.6. The van der Waals surface area contributed by atoms with Gasteiger partial charge >= 0.3 is 0 Å². The summed E-state index contributed by atoms with van der Waals surface area (Å²) >= 11 is 0. The van der Waals surface area contributed by atoms with E-state index in [1.165, 1.54) is 125 Å². The molecule has 0 nitrogen and oxygen atoms in total. The maximum Gasteiger partial charge on any atom is -0.00259 e. The van der Waals surface area contributed by atoms with E-state index < -0.39 is 0 Å². The Bertz CT molecular complexity index is 3990. The lowest BCUT2D eigenvalue weighted by atomic mass is 9.84. The average molecular weight is 839 g/mol. The first kappa shape index (κ1) is 39.3. The molecule has 0 bridgehead atoms. The van der Waals surface area contributed by atoms with Gasteiger partial charge in [-0.1, -0.05) is 218 Å². The molecular formula is C66H46. The Balaban J connectivity index is 0.986. The molecule has 0 amide bonds. The van der Waals surface area contributed by atoms with Crippen LogP contribution in [0.4, 0.5) is 0 Å². The van der Waals surface area contributed by atoms with Gasteiger partial charge in [-0.05, 0) is 169 Å². The van der Waals surface area contributed by atoms with Crippen LogP contribution >= 0.6 is 0 Å². The van der Waals surface area contributed by atoms with E-state index in [0.29, 0.717) is 0 Å². The Morgan fingerprint density at radius 2 is 0.667 bits per heavy atom. The van der Waals surface area contributed by atoms with E-state index in [0.717, 1.165) is 5.56 Å². The van der Waals surface area contributed by atoms with Crippen LogP contribution in [0.3, 0.4) is 0 Å². The molecule has 0 aliphatic carbocycles. The molecule has 12 aromatic rings. The highest BCUT2D eigenvalue weighted by molar-refractivity contribution is 6.23. The highest BCUT2D eigenvalue weighted by atomic mass is 14.2. The lowest BCUT2D eigenvalue weighted by Gasteiger charge is -2.19. The Labute approximate surface area is 385 Å². The van der Waals surface area contributed by atoms with E-state index in [4.69, 9.17) is 0 Å². The van der Waals surface area contributed by atoms with Gasteiger partial charge in [0.25, 0.3) is 0 Å². The minimum Gasteiger partial charge on any atom is -0.0798 e. The Morgan fingerprint density at radius 3 is 1.21 bits per heavy atom. The second-order valence-electron chi connectivity index (χ2n) is 17.4. The second-order valence-corrected chi connectivity index (χ2v) is 17.4. The van der Waals surface area contributed by atoms with Gasteiger partial charge in [-0.25, -0.2) is 0 Å². The topological polar surface area (TPSA) is 0 Å². The summed E-state index contributed by atoms with van der Waals surface area (Å²) < 4.78 is 0. The number of benzene rings is 12. The normalized spacial score (nSPS) is 12.5. The Kier molecular flexibility index (Phi) is 9.73. The van der Waals surface area contributed by atoms with Crippen LogP contribution in [-0.4, -0.2) is 0 Å². The van der Waals surface area contributed by atoms with Crippen molar-refractivity contribution in [3.05, 3.63) is 240 Å². The Hall–Kier alpha value is -8.32. The van der Waals surface area contributed by atoms with Crippen LogP contribution in [-0.2, 0) is 0 Å². The third-order valence-electron chi connectivity index (χ3n) is 13.8. The number of hydrogen-bond donors (Lipinski definition) is 0. The predicted octanol–water partition coefficient (Wildman–Crippen LogP) is 17.0. The molecule has 0 fully saturated rings. The molecule has 66 heavy (non-hydrogen) atoms. The first-order valence-electron chi connectivity index (χ1n) is 23.1. The van der Waals surface area contributed by atoms with Crippen molar-refractivity contribution in [3.63, 3.8) is 0 Å². The van der Waals surface area contributed by atoms with Crippen molar-refractivity contribution in [1.82, 2.24) is 0 Å². The van der Waals surface area contributed by atoms with Crippen molar-refractivity contribution >= 4 is 88.9 Å². The van der Waals surface area contributed by atoms with Crippen LogP contribution in [0.5, 0.6) is 0 Å². The van der Waals surface area contributed by atoms with E-state index in [9.17, 15) is 0 Å². The second kappa shape index (κ2) is 16.3. The van der Waals surface area contributed by atoms with E-state index in [2.05, 4.69) is 257 Å². The summed E-state index contributed by atoms with van der Waals surface area (Å²) in [5, 5.41) is 17.5. The van der Waals surface area contributed by atoms with Gasteiger partial charge < -0.3 is 0 Å². The number of rotatable bonds is 6. The molecule has 12 aromatic carbocycles. The molecule has 0 radical (unpaired) electrons. The molecule has 12 rings (SSSR count). The summed E-state index contributed by atoms with van der Waals surface area (Å²) in [7, 11) is 0. The lowest BCUT2D eigenvalue weighted by Crippen LogP contribution is -2.23. The molecule has 0 atom stereocenters. The van der Waals surface area contributed by atoms with E-state index in [1.54, 1.807) is 0 Å². The van der Waals surface area contributed by atoms with E-state index >= 15 is 0 Å². The summed E-state index contributed by atoms with van der Waals surface area (Å²) in [6, 6.07) is 81.0. The molecule has 0 aliphatic rings. The standard InChI is InChI=1S/C66H46/c1-3-44-30-33-52(39-45(44)4-2)64-58-21-11-9-19-55(58)57(56-20-10-12-22-59(56)64)37-27-43-25-28-48(29-26-43)51-36-38-62-63(42-51)66(54-35-32-47-16-6-8-18-50(47)41-54)61-24-14-13-23-60(61)65(62)53-34-31-46-15-5-7-17-49(46)40-53/h3-42H,1-2H3/b37-27+,44-3-,45-4-. The van der Waals surface area contributed by atoms with E-state index in [1.807, 2.05) is 0 Å². The maximum absolute atomic E-state index is 2.43. The van der Waals surface area contributed by atoms with Crippen LogP contribution in [0.25, 0.3) is 133 Å². The zero-order valence-corrected chi connectivity index (χ0v) is 37.1. The van der Waals surface area contributed by atoms with Crippen LogP contribution in [0, 0.1) is 0 Å². The lowest BCUT2D eigenvalue weighted by molar-refractivity contribution is 1.49. The highest BCUT2D eigenvalue weighted by Gasteiger charge is 2.19.